The van der Waals surface area contributed by atoms with Gasteiger partial charge in [0.2, 0.25) is 0 Å². The summed E-state index contributed by atoms with van der Waals surface area (Å²) in [7, 11) is 3.22. The van der Waals surface area contributed by atoms with E-state index in [1.165, 1.54) is 0 Å². The van der Waals surface area contributed by atoms with Crippen molar-refractivity contribution in [1.82, 2.24) is 9.78 Å². The van der Waals surface area contributed by atoms with Crippen LogP contribution in [0.5, 0.6) is 11.5 Å². The molecule has 1 aromatic carbocycles. The number of anilines is 1. The Morgan fingerprint density at radius 2 is 2.07 bits per heavy atom. The largest absolute Gasteiger partial charge is 0.493 e. The predicted octanol–water partition coefficient (Wildman–Crippen LogP) is 3.58. The number of nitrogens with zero attached hydrogens (tertiary/aromatic N) is 3. The molecule has 1 N–H and O–H groups in total. The summed E-state index contributed by atoms with van der Waals surface area (Å²) < 4.78 is 12.4. The van der Waals surface area contributed by atoms with Crippen molar-refractivity contribution >= 4 is 28.6 Å². The van der Waals surface area contributed by atoms with Crippen LogP contribution in [-0.2, 0) is 22.6 Å². The van der Waals surface area contributed by atoms with Gasteiger partial charge >= 0.3 is 0 Å². The number of rotatable bonds is 10. The van der Waals surface area contributed by atoms with Crippen LogP contribution in [0.2, 0.25) is 0 Å². The molecule has 158 valence electrons. The van der Waals surface area contributed by atoms with E-state index in [-0.39, 0.29) is 12.5 Å². The van der Waals surface area contributed by atoms with Gasteiger partial charge in [0.05, 0.1) is 36.7 Å². The molecule has 9 heteroatoms. The Morgan fingerprint density at radius 3 is 2.80 bits per heavy atom. The van der Waals surface area contributed by atoms with Gasteiger partial charge in [-0.2, -0.15) is 5.10 Å². The molecular formula is C21H24N4O4S. The molecule has 0 radical (unpaired) electrons. The number of carbonyl (C=O) groups is 1. The Hall–Kier alpha value is -3.33. The first kappa shape index (κ1) is 21.4. The Bertz CT molecular complexity index is 998. The molecule has 3 rings (SSSR count). The minimum atomic E-state index is -0.294. The van der Waals surface area contributed by atoms with Gasteiger partial charge in [-0.3, -0.25) is 9.48 Å². The third-order valence-electron chi connectivity index (χ3n) is 4.27. The molecule has 3 aromatic rings. The molecule has 1 amide bonds. The fourth-order valence-electron chi connectivity index (χ4n) is 2.74. The molecule has 0 saturated heterocycles. The second-order valence-electron chi connectivity index (χ2n) is 6.41. The van der Waals surface area contributed by atoms with Crippen LogP contribution >= 0.6 is 11.3 Å². The first-order valence-electron chi connectivity index (χ1n) is 9.32. The molecule has 2 heterocycles. The summed E-state index contributed by atoms with van der Waals surface area (Å²) in [6.45, 7) is 2.33. The molecule has 0 fully saturated rings. The van der Waals surface area contributed by atoms with Crippen LogP contribution in [0.1, 0.15) is 17.4 Å². The van der Waals surface area contributed by atoms with Gasteiger partial charge in [0, 0.05) is 12.7 Å². The lowest BCUT2D eigenvalue weighted by atomic mass is 10.1. The van der Waals surface area contributed by atoms with E-state index in [1.807, 2.05) is 42.6 Å². The fraction of sp³-hybridized carbons (Fsp3) is 0.286. The van der Waals surface area contributed by atoms with E-state index in [2.05, 4.69) is 15.6 Å². The molecule has 0 aliphatic rings. The summed E-state index contributed by atoms with van der Waals surface area (Å²) in [4.78, 5) is 18.2. The summed E-state index contributed by atoms with van der Waals surface area (Å²) in [5, 5.41) is 13.0. The van der Waals surface area contributed by atoms with Crippen molar-refractivity contribution in [2.75, 3.05) is 26.1 Å². The number of nitrogens with one attached hydrogen (secondary N) is 1. The lowest BCUT2D eigenvalue weighted by molar-refractivity contribution is -0.120. The van der Waals surface area contributed by atoms with Gasteiger partial charge in [-0.15, -0.1) is 11.3 Å². The summed E-state index contributed by atoms with van der Waals surface area (Å²) in [5.41, 5.74) is 2.44. The Labute approximate surface area is 179 Å². The van der Waals surface area contributed by atoms with Crippen molar-refractivity contribution < 1.29 is 19.1 Å². The standard InChI is InChI=1S/C21H24N4O4S/c1-15(20-5-4-10-30-20)24-29-14-21(26)23-17-12-22-25(13-17)9-8-16-6-7-18(27-2)19(11-16)28-3/h4-7,10-13H,8-9,14H2,1-3H3,(H,23,26)/b24-15-. The Morgan fingerprint density at radius 1 is 1.23 bits per heavy atom. The number of aryl methyl sites for hydroxylation is 2. The zero-order valence-electron chi connectivity index (χ0n) is 17.1. The number of ether oxygens (including phenoxy) is 2. The average molecular weight is 429 g/mol. The lowest BCUT2D eigenvalue weighted by Gasteiger charge is -2.09. The quantitative estimate of drug-likeness (QED) is 0.394. The van der Waals surface area contributed by atoms with E-state index in [4.69, 9.17) is 14.3 Å². The van der Waals surface area contributed by atoms with E-state index >= 15 is 0 Å². The Balaban J connectivity index is 1.46. The number of hydrogen-bond acceptors (Lipinski definition) is 7. The second kappa shape index (κ2) is 10.4. The van der Waals surface area contributed by atoms with Crippen molar-refractivity contribution in [3.63, 3.8) is 0 Å². The van der Waals surface area contributed by atoms with Gasteiger partial charge in [0.25, 0.3) is 5.91 Å². The maximum absolute atomic E-state index is 12.0. The third kappa shape index (κ3) is 5.84. The smallest absolute Gasteiger partial charge is 0.265 e. The molecule has 0 bridgehead atoms. The molecule has 2 aromatic heterocycles. The average Bonchev–Trinajstić information content (AvgIpc) is 3.44. The first-order valence-corrected chi connectivity index (χ1v) is 10.2. The number of aromatic nitrogens is 2. The van der Waals surface area contributed by atoms with Crippen LogP contribution in [0.4, 0.5) is 5.69 Å². The number of hydrogen-bond donors (Lipinski definition) is 1. The van der Waals surface area contributed by atoms with Crippen LogP contribution in [0, 0.1) is 0 Å². The minimum Gasteiger partial charge on any atom is -0.493 e. The number of methoxy groups -OCH3 is 2. The highest BCUT2D eigenvalue weighted by Crippen LogP contribution is 2.27. The number of carbonyl (C=O) groups excluding carboxylic acids is 1. The highest BCUT2D eigenvalue weighted by molar-refractivity contribution is 7.12. The summed E-state index contributed by atoms with van der Waals surface area (Å²) in [6.07, 6.45) is 4.14. The van der Waals surface area contributed by atoms with E-state index in [9.17, 15) is 4.79 Å². The summed E-state index contributed by atoms with van der Waals surface area (Å²) in [5.74, 6) is 1.10. The molecule has 0 unspecified atom stereocenters. The van der Waals surface area contributed by atoms with Crippen LogP contribution in [-0.4, -0.2) is 42.2 Å². The van der Waals surface area contributed by atoms with E-state index < -0.39 is 0 Å². The van der Waals surface area contributed by atoms with Gasteiger partial charge in [-0.05, 0) is 42.5 Å². The number of thiophene rings is 1. The minimum absolute atomic E-state index is 0.167. The molecule has 8 nitrogen and oxygen atoms in total. The van der Waals surface area contributed by atoms with Crippen LogP contribution in [0.15, 0.2) is 53.3 Å². The maximum atomic E-state index is 12.0. The molecule has 0 atom stereocenters. The van der Waals surface area contributed by atoms with Crippen LogP contribution in [0.3, 0.4) is 0 Å². The fourth-order valence-corrected chi connectivity index (χ4v) is 3.41. The van der Waals surface area contributed by atoms with Crippen molar-refractivity contribution in [1.29, 1.82) is 0 Å². The third-order valence-corrected chi connectivity index (χ3v) is 5.25. The van der Waals surface area contributed by atoms with E-state index in [0.29, 0.717) is 23.7 Å². The highest BCUT2D eigenvalue weighted by atomic mass is 32.1. The van der Waals surface area contributed by atoms with Crippen LogP contribution < -0.4 is 14.8 Å². The zero-order chi connectivity index (χ0) is 21.3. The van der Waals surface area contributed by atoms with Crippen molar-refractivity contribution in [3.8, 4) is 11.5 Å². The molecule has 0 aliphatic carbocycles. The summed E-state index contributed by atoms with van der Waals surface area (Å²) in [6, 6.07) is 9.70. The monoisotopic (exact) mass is 428 g/mol. The number of benzene rings is 1. The van der Waals surface area contributed by atoms with E-state index in [0.717, 1.165) is 22.6 Å². The molecule has 0 aliphatic heterocycles. The zero-order valence-corrected chi connectivity index (χ0v) is 17.9. The van der Waals surface area contributed by atoms with Gasteiger partial charge in [0.1, 0.15) is 0 Å². The number of oxime groups is 1. The molecule has 0 spiro atoms. The number of amides is 1. The molecular weight excluding hydrogens is 404 g/mol. The normalized spacial score (nSPS) is 11.2. The van der Waals surface area contributed by atoms with Crippen molar-refractivity contribution in [2.24, 2.45) is 5.16 Å². The highest BCUT2D eigenvalue weighted by Gasteiger charge is 2.08. The Kier molecular flexibility index (Phi) is 7.45. The summed E-state index contributed by atoms with van der Waals surface area (Å²) >= 11 is 1.57. The maximum Gasteiger partial charge on any atom is 0.265 e. The van der Waals surface area contributed by atoms with Gasteiger partial charge in [-0.25, -0.2) is 0 Å². The second-order valence-corrected chi connectivity index (χ2v) is 7.35. The van der Waals surface area contributed by atoms with Gasteiger partial charge in [-0.1, -0.05) is 17.3 Å². The molecule has 30 heavy (non-hydrogen) atoms. The SMILES string of the molecule is COc1ccc(CCn2cc(NC(=O)CO/N=C(/C)c3cccs3)cn2)cc1OC. The van der Waals surface area contributed by atoms with Gasteiger partial charge < -0.3 is 19.6 Å². The topological polar surface area (TPSA) is 87.0 Å². The van der Waals surface area contributed by atoms with Crippen molar-refractivity contribution in [3.05, 3.63) is 58.5 Å². The lowest BCUT2D eigenvalue weighted by Crippen LogP contribution is -2.17. The predicted molar refractivity (Wildman–Crippen MR) is 117 cm³/mol. The first-order chi connectivity index (χ1) is 14.6. The van der Waals surface area contributed by atoms with Crippen molar-refractivity contribution in [2.45, 2.75) is 19.9 Å². The van der Waals surface area contributed by atoms with Crippen LogP contribution in [0.25, 0.3) is 0 Å². The van der Waals surface area contributed by atoms with E-state index in [1.54, 1.807) is 42.6 Å². The van der Waals surface area contributed by atoms with Gasteiger partial charge in [0.15, 0.2) is 18.1 Å². The molecule has 0 saturated carbocycles.